The maximum atomic E-state index is 12.7. The van der Waals surface area contributed by atoms with Crippen LogP contribution in [-0.2, 0) is 28.6 Å². The molecule has 0 fully saturated rings. The van der Waals surface area contributed by atoms with Gasteiger partial charge in [-0.1, -0.05) is 174 Å². The maximum absolute atomic E-state index is 12.7. The normalized spacial score (nSPS) is 13.0. The zero-order chi connectivity index (χ0) is 40.7. The number of carboxylic acids is 1. The molecule has 0 heterocycles. The molecule has 0 aliphatic heterocycles. The van der Waals surface area contributed by atoms with Crippen LogP contribution in [0.5, 0.6) is 0 Å². The molecule has 0 aliphatic carbocycles. The standard InChI is InChI=1S/C47H89NO7/c1-6-8-10-12-14-16-18-20-22-23-24-26-27-29-31-33-35-37-45(49)54-42-43(41-53-40-39-44(47(51)52)48(3,4)5)55-46(50)38-36-34-32-30-28-25-21-19-17-15-13-11-9-7-2/h19,21,43-44H,6-18,20,22-42H2,1-5H3/p+1/b21-19-. The van der Waals surface area contributed by atoms with Gasteiger partial charge in [-0.3, -0.25) is 9.59 Å². The summed E-state index contributed by atoms with van der Waals surface area (Å²) in [6.45, 7) is 4.75. The van der Waals surface area contributed by atoms with Crippen molar-refractivity contribution in [3.05, 3.63) is 12.2 Å². The Hall–Kier alpha value is -1.93. The van der Waals surface area contributed by atoms with Crippen molar-refractivity contribution in [2.45, 2.75) is 231 Å². The number of rotatable bonds is 42. The second-order valence-electron chi connectivity index (χ2n) is 17.0. The Morgan fingerprint density at radius 1 is 0.527 bits per heavy atom. The lowest BCUT2D eigenvalue weighted by molar-refractivity contribution is -0.887. The van der Waals surface area contributed by atoms with Crippen molar-refractivity contribution in [1.82, 2.24) is 0 Å². The van der Waals surface area contributed by atoms with Crippen LogP contribution in [0.3, 0.4) is 0 Å². The Labute approximate surface area is 339 Å². The van der Waals surface area contributed by atoms with Gasteiger partial charge < -0.3 is 23.8 Å². The van der Waals surface area contributed by atoms with Gasteiger partial charge in [0.2, 0.25) is 0 Å². The van der Waals surface area contributed by atoms with E-state index >= 15 is 0 Å². The fourth-order valence-electron chi connectivity index (χ4n) is 7.03. The lowest BCUT2D eigenvalue weighted by Gasteiger charge is -2.31. The molecule has 8 nitrogen and oxygen atoms in total. The number of esters is 2. The van der Waals surface area contributed by atoms with Gasteiger partial charge in [-0.15, -0.1) is 0 Å². The van der Waals surface area contributed by atoms with Gasteiger partial charge in [0.1, 0.15) is 6.61 Å². The van der Waals surface area contributed by atoms with Gasteiger partial charge in [-0.2, -0.15) is 0 Å². The average molecular weight is 781 g/mol. The average Bonchev–Trinajstić information content (AvgIpc) is 3.14. The third kappa shape index (κ3) is 37.4. The molecule has 0 rings (SSSR count). The van der Waals surface area contributed by atoms with Crippen molar-refractivity contribution in [3.63, 3.8) is 0 Å². The van der Waals surface area contributed by atoms with E-state index in [1.165, 1.54) is 135 Å². The Bertz CT molecular complexity index is 915. The number of hydrogen-bond acceptors (Lipinski definition) is 6. The first-order chi connectivity index (χ1) is 26.6. The van der Waals surface area contributed by atoms with Crippen molar-refractivity contribution < 1.29 is 38.2 Å². The summed E-state index contributed by atoms with van der Waals surface area (Å²) in [6, 6.07) is -0.611. The minimum absolute atomic E-state index is 0.0481. The predicted octanol–water partition coefficient (Wildman–Crippen LogP) is 12.7. The molecule has 2 unspecified atom stereocenters. The third-order valence-electron chi connectivity index (χ3n) is 10.7. The van der Waals surface area contributed by atoms with Crippen LogP contribution in [0.25, 0.3) is 0 Å². The van der Waals surface area contributed by atoms with E-state index in [1.54, 1.807) is 0 Å². The minimum atomic E-state index is -0.873. The van der Waals surface area contributed by atoms with E-state index in [1.807, 2.05) is 21.1 Å². The second-order valence-corrected chi connectivity index (χ2v) is 17.0. The Morgan fingerprint density at radius 3 is 1.31 bits per heavy atom. The van der Waals surface area contributed by atoms with Gasteiger partial charge in [-0.05, 0) is 38.5 Å². The molecule has 2 atom stereocenters. The number of nitrogens with zero attached hydrogens (tertiary/aromatic N) is 1. The van der Waals surface area contributed by atoms with E-state index in [9.17, 15) is 19.5 Å². The highest BCUT2D eigenvalue weighted by atomic mass is 16.6. The molecule has 324 valence electrons. The molecule has 0 saturated carbocycles. The molecule has 0 bridgehead atoms. The molecule has 0 saturated heterocycles. The topological polar surface area (TPSA) is 99.1 Å². The number of hydrogen-bond donors (Lipinski definition) is 1. The molecule has 0 aromatic heterocycles. The first kappa shape index (κ1) is 53.1. The number of quaternary nitrogens is 1. The number of likely N-dealkylation sites (N-methyl/N-ethyl adjacent to an activating group) is 1. The quantitative estimate of drug-likeness (QED) is 0.0285. The van der Waals surface area contributed by atoms with Gasteiger partial charge in [0.25, 0.3) is 0 Å². The van der Waals surface area contributed by atoms with Crippen LogP contribution >= 0.6 is 0 Å². The van der Waals surface area contributed by atoms with Crippen LogP contribution in [0.2, 0.25) is 0 Å². The lowest BCUT2D eigenvalue weighted by atomic mass is 10.0. The van der Waals surface area contributed by atoms with Crippen molar-refractivity contribution in [2.75, 3.05) is 41.0 Å². The van der Waals surface area contributed by atoms with Gasteiger partial charge in [-0.25, -0.2) is 4.79 Å². The summed E-state index contributed by atoms with van der Waals surface area (Å²) in [6.07, 6.45) is 41.0. The number of allylic oxidation sites excluding steroid dienone is 2. The minimum Gasteiger partial charge on any atom is -0.477 e. The highest BCUT2D eigenvalue weighted by molar-refractivity contribution is 5.72. The number of carbonyl (C=O) groups is 3. The fraction of sp³-hybridized carbons (Fsp3) is 0.894. The summed E-state index contributed by atoms with van der Waals surface area (Å²) in [5.41, 5.74) is 0. The lowest BCUT2D eigenvalue weighted by Crippen LogP contribution is -2.50. The molecule has 8 heteroatoms. The second kappa shape index (κ2) is 38.9. The Kier molecular flexibility index (Phi) is 37.6. The number of carbonyl (C=O) groups excluding carboxylic acids is 2. The van der Waals surface area contributed by atoms with Crippen LogP contribution < -0.4 is 0 Å². The molecular weight excluding hydrogens is 691 g/mol. The molecule has 0 aromatic rings. The maximum Gasteiger partial charge on any atom is 0.362 e. The van der Waals surface area contributed by atoms with E-state index in [4.69, 9.17) is 14.2 Å². The first-order valence-electron chi connectivity index (χ1n) is 23.2. The van der Waals surface area contributed by atoms with Crippen LogP contribution in [0.1, 0.15) is 219 Å². The van der Waals surface area contributed by atoms with E-state index in [-0.39, 0.29) is 36.2 Å². The summed E-state index contributed by atoms with van der Waals surface area (Å²) in [4.78, 5) is 37.0. The highest BCUT2D eigenvalue weighted by Gasteiger charge is 2.31. The van der Waals surface area contributed by atoms with Crippen molar-refractivity contribution in [1.29, 1.82) is 0 Å². The zero-order valence-corrected chi connectivity index (χ0v) is 36.9. The van der Waals surface area contributed by atoms with E-state index < -0.39 is 18.1 Å². The number of ether oxygens (including phenoxy) is 3. The molecule has 55 heavy (non-hydrogen) atoms. The largest absolute Gasteiger partial charge is 0.477 e. The predicted molar refractivity (Wildman–Crippen MR) is 229 cm³/mol. The molecule has 0 aromatic carbocycles. The van der Waals surface area contributed by atoms with Crippen LogP contribution in [0.4, 0.5) is 0 Å². The van der Waals surface area contributed by atoms with Crippen LogP contribution in [0.15, 0.2) is 12.2 Å². The van der Waals surface area contributed by atoms with E-state index in [2.05, 4.69) is 26.0 Å². The molecular formula is C47H90NO7+. The smallest absolute Gasteiger partial charge is 0.362 e. The molecule has 0 radical (unpaired) electrons. The van der Waals surface area contributed by atoms with Crippen molar-refractivity contribution >= 4 is 17.9 Å². The van der Waals surface area contributed by atoms with Crippen molar-refractivity contribution in [2.24, 2.45) is 0 Å². The van der Waals surface area contributed by atoms with E-state index in [0.29, 0.717) is 19.3 Å². The van der Waals surface area contributed by atoms with Gasteiger partial charge in [0.15, 0.2) is 12.1 Å². The summed E-state index contributed by atoms with van der Waals surface area (Å²) in [5, 5.41) is 9.62. The van der Waals surface area contributed by atoms with Gasteiger partial charge in [0, 0.05) is 19.3 Å². The van der Waals surface area contributed by atoms with Crippen LogP contribution in [-0.4, -0.2) is 80.6 Å². The zero-order valence-electron chi connectivity index (χ0n) is 36.9. The molecule has 0 aliphatic rings. The monoisotopic (exact) mass is 781 g/mol. The van der Waals surface area contributed by atoms with Gasteiger partial charge in [0.05, 0.1) is 34.4 Å². The molecule has 1 N–H and O–H groups in total. The van der Waals surface area contributed by atoms with Crippen molar-refractivity contribution in [3.8, 4) is 0 Å². The third-order valence-corrected chi connectivity index (χ3v) is 10.7. The van der Waals surface area contributed by atoms with E-state index in [0.717, 1.165) is 51.4 Å². The Balaban J connectivity index is 4.28. The summed E-state index contributed by atoms with van der Waals surface area (Å²) in [7, 11) is 5.53. The number of unbranched alkanes of at least 4 members (excludes halogenated alkanes) is 26. The summed E-state index contributed by atoms with van der Waals surface area (Å²) >= 11 is 0. The SMILES string of the molecule is CCCCCCC/C=C\CCCCCCCC(=O)OC(COCCC(C(=O)O)[N+](C)(C)C)COC(=O)CCCCCCCCCCCCCCCCCCC. The highest BCUT2D eigenvalue weighted by Crippen LogP contribution is 2.16. The summed E-state index contributed by atoms with van der Waals surface area (Å²) < 4.78 is 17.3. The molecule has 0 spiro atoms. The van der Waals surface area contributed by atoms with Gasteiger partial charge >= 0.3 is 17.9 Å². The summed E-state index contributed by atoms with van der Waals surface area (Å²) in [5.74, 6) is -1.46. The Morgan fingerprint density at radius 2 is 0.909 bits per heavy atom. The molecule has 0 amide bonds. The number of aliphatic carboxylic acids is 1. The first-order valence-corrected chi connectivity index (χ1v) is 23.2. The fourth-order valence-corrected chi connectivity index (χ4v) is 7.03. The van der Waals surface area contributed by atoms with Crippen LogP contribution in [0, 0.1) is 0 Å². The number of carboxylic acid groups (broad SMARTS) is 1.